The Balaban J connectivity index is 2.65. The quantitative estimate of drug-likeness (QED) is 0.590. The predicted octanol–water partition coefficient (Wildman–Crippen LogP) is 3.88. The van der Waals surface area contributed by atoms with E-state index in [4.69, 9.17) is 11.6 Å². The highest BCUT2D eigenvalue weighted by Crippen LogP contribution is 2.28. The van der Waals surface area contributed by atoms with E-state index in [0.717, 1.165) is 17.9 Å². The summed E-state index contributed by atoms with van der Waals surface area (Å²) in [5.41, 5.74) is 1.43. The first-order valence-electron chi connectivity index (χ1n) is 4.29. The molecule has 0 radical (unpaired) electrons. The first-order chi connectivity index (χ1) is 5.24. The minimum atomic E-state index is 0.680. The Morgan fingerprint density at radius 2 is 2.36 bits per heavy atom. The van der Waals surface area contributed by atoms with Crippen LogP contribution < -0.4 is 0 Å². The van der Waals surface area contributed by atoms with Gasteiger partial charge in [-0.1, -0.05) is 43.5 Å². The van der Waals surface area contributed by atoms with Gasteiger partial charge in [0, 0.05) is 5.03 Å². The minimum absolute atomic E-state index is 0.680. The molecular formula is C10H15Cl. The van der Waals surface area contributed by atoms with E-state index < -0.39 is 0 Å². The third-order valence-corrected chi connectivity index (χ3v) is 2.42. The monoisotopic (exact) mass is 170 g/mol. The summed E-state index contributed by atoms with van der Waals surface area (Å²) in [6.45, 7) is 4.43. The lowest BCUT2D eigenvalue weighted by Crippen LogP contribution is -1.99. The molecule has 1 rings (SSSR count). The average molecular weight is 171 g/mol. The molecule has 0 saturated carbocycles. The van der Waals surface area contributed by atoms with E-state index in [2.05, 4.69) is 19.9 Å². The molecule has 0 heterocycles. The summed E-state index contributed by atoms with van der Waals surface area (Å²) < 4.78 is 0. The lowest BCUT2D eigenvalue weighted by Gasteiger charge is -2.15. The second-order valence-electron chi connectivity index (χ2n) is 3.24. The summed E-state index contributed by atoms with van der Waals surface area (Å²) >= 11 is 6.02. The minimum Gasteiger partial charge on any atom is -0.0844 e. The van der Waals surface area contributed by atoms with Gasteiger partial charge in [-0.25, -0.2) is 0 Å². The van der Waals surface area contributed by atoms with Crippen LogP contribution in [-0.2, 0) is 0 Å². The largest absolute Gasteiger partial charge is 0.0844 e. The Hall–Kier alpha value is -0.230. The SMILES string of the molecule is CCCC1=C(Cl)C=CC(C)C1. The molecule has 0 N–H and O–H groups in total. The molecule has 62 valence electrons. The van der Waals surface area contributed by atoms with Crippen molar-refractivity contribution in [1.82, 2.24) is 0 Å². The van der Waals surface area contributed by atoms with Gasteiger partial charge in [-0.3, -0.25) is 0 Å². The summed E-state index contributed by atoms with van der Waals surface area (Å²) in [4.78, 5) is 0. The normalized spacial score (nSPS) is 24.5. The topological polar surface area (TPSA) is 0 Å². The zero-order chi connectivity index (χ0) is 8.27. The van der Waals surface area contributed by atoms with Gasteiger partial charge in [0.2, 0.25) is 0 Å². The summed E-state index contributed by atoms with van der Waals surface area (Å²) in [6, 6.07) is 0. The standard InChI is InChI=1S/C10H15Cl/c1-3-4-9-7-8(2)5-6-10(9)11/h5-6,8H,3-4,7H2,1-2H3. The van der Waals surface area contributed by atoms with Crippen molar-refractivity contribution in [2.24, 2.45) is 5.92 Å². The van der Waals surface area contributed by atoms with E-state index in [1.807, 2.05) is 6.08 Å². The molecule has 0 fully saturated rings. The van der Waals surface area contributed by atoms with Crippen molar-refractivity contribution in [2.45, 2.75) is 33.1 Å². The number of hydrogen-bond acceptors (Lipinski definition) is 0. The molecule has 0 nitrogen and oxygen atoms in total. The molecule has 1 unspecified atom stereocenters. The first kappa shape index (κ1) is 8.86. The smallest absolute Gasteiger partial charge is 0.0395 e. The van der Waals surface area contributed by atoms with E-state index in [-0.39, 0.29) is 0 Å². The molecule has 1 heteroatoms. The molecule has 0 bridgehead atoms. The van der Waals surface area contributed by atoms with Gasteiger partial charge in [-0.15, -0.1) is 0 Å². The van der Waals surface area contributed by atoms with Gasteiger partial charge in [0.05, 0.1) is 0 Å². The van der Waals surface area contributed by atoms with Gasteiger partial charge in [0.1, 0.15) is 0 Å². The fourth-order valence-corrected chi connectivity index (χ4v) is 1.69. The zero-order valence-corrected chi connectivity index (χ0v) is 7.99. The van der Waals surface area contributed by atoms with Gasteiger partial charge in [0.15, 0.2) is 0 Å². The lowest BCUT2D eigenvalue weighted by atomic mass is 9.93. The number of rotatable bonds is 2. The molecule has 0 aromatic rings. The van der Waals surface area contributed by atoms with Crippen LogP contribution >= 0.6 is 11.6 Å². The highest BCUT2D eigenvalue weighted by Gasteiger charge is 2.10. The second-order valence-corrected chi connectivity index (χ2v) is 3.65. The fourth-order valence-electron chi connectivity index (χ4n) is 1.44. The maximum Gasteiger partial charge on any atom is 0.0395 e. The van der Waals surface area contributed by atoms with Crippen LogP contribution in [0.4, 0.5) is 0 Å². The van der Waals surface area contributed by atoms with Gasteiger partial charge >= 0.3 is 0 Å². The van der Waals surface area contributed by atoms with Crippen LogP contribution in [0.25, 0.3) is 0 Å². The number of hydrogen-bond donors (Lipinski definition) is 0. The van der Waals surface area contributed by atoms with Gasteiger partial charge in [-0.05, 0) is 24.8 Å². The molecule has 1 aliphatic carbocycles. The van der Waals surface area contributed by atoms with Crippen LogP contribution in [0, 0.1) is 5.92 Å². The highest BCUT2D eigenvalue weighted by molar-refractivity contribution is 6.31. The summed E-state index contributed by atoms with van der Waals surface area (Å²) in [5.74, 6) is 0.680. The van der Waals surface area contributed by atoms with Crippen molar-refractivity contribution in [1.29, 1.82) is 0 Å². The maximum absolute atomic E-state index is 6.02. The van der Waals surface area contributed by atoms with Crippen molar-refractivity contribution < 1.29 is 0 Å². The fraction of sp³-hybridized carbons (Fsp3) is 0.600. The van der Waals surface area contributed by atoms with E-state index in [1.54, 1.807) is 0 Å². The maximum atomic E-state index is 6.02. The Morgan fingerprint density at radius 1 is 1.64 bits per heavy atom. The third-order valence-electron chi connectivity index (χ3n) is 2.03. The van der Waals surface area contributed by atoms with Crippen molar-refractivity contribution in [3.8, 4) is 0 Å². The van der Waals surface area contributed by atoms with Crippen LogP contribution in [0.15, 0.2) is 22.8 Å². The van der Waals surface area contributed by atoms with E-state index >= 15 is 0 Å². The first-order valence-corrected chi connectivity index (χ1v) is 4.67. The van der Waals surface area contributed by atoms with E-state index in [9.17, 15) is 0 Å². The van der Waals surface area contributed by atoms with E-state index in [0.29, 0.717) is 5.92 Å². The Bertz CT molecular complexity index is 189. The zero-order valence-electron chi connectivity index (χ0n) is 7.23. The summed E-state index contributed by atoms with van der Waals surface area (Å²) in [6.07, 6.45) is 7.74. The van der Waals surface area contributed by atoms with Crippen LogP contribution in [0.2, 0.25) is 0 Å². The Labute approximate surface area is 73.9 Å². The Kier molecular flexibility index (Phi) is 3.19. The van der Waals surface area contributed by atoms with Crippen LogP contribution in [0.3, 0.4) is 0 Å². The van der Waals surface area contributed by atoms with Crippen LogP contribution in [-0.4, -0.2) is 0 Å². The van der Waals surface area contributed by atoms with Crippen LogP contribution in [0.1, 0.15) is 33.1 Å². The molecular weight excluding hydrogens is 156 g/mol. The molecule has 0 aromatic carbocycles. The second kappa shape index (κ2) is 3.96. The molecule has 0 amide bonds. The van der Waals surface area contributed by atoms with Crippen LogP contribution in [0.5, 0.6) is 0 Å². The highest BCUT2D eigenvalue weighted by atomic mass is 35.5. The molecule has 0 aliphatic heterocycles. The van der Waals surface area contributed by atoms with Gasteiger partial charge in [0.25, 0.3) is 0 Å². The number of halogens is 1. The number of allylic oxidation sites excluding steroid dienone is 4. The molecule has 1 aliphatic rings. The molecule has 0 spiro atoms. The van der Waals surface area contributed by atoms with Crippen molar-refractivity contribution in [3.63, 3.8) is 0 Å². The molecule has 1 atom stereocenters. The summed E-state index contributed by atoms with van der Waals surface area (Å²) in [7, 11) is 0. The van der Waals surface area contributed by atoms with Crippen molar-refractivity contribution in [3.05, 3.63) is 22.8 Å². The van der Waals surface area contributed by atoms with E-state index in [1.165, 1.54) is 12.0 Å². The van der Waals surface area contributed by atoms with Gasteiger partial charge < -0.3 is 0 Å². The lowest BCUT2D eigenvalue weighted by molar-refractivity contribution is 0.672. The predicted molar refractivity (Wildman–Crippen MR) is 50.7 cm³/mol. The molecule has 0 saturated heterocycles. The molecule has 0 aromatic heterocycles. The third kappa shape index (κ3) is 2.37. The average Bonchev–Trinajstić information content (AvgIpc) is 1.98. The van der Waals surface area contributed by atoms with Gasteiger partial charge in [-0.2, -0.15) is 0 Å². The van der Waals surface area contributed by atoms with Crippen molar-refractivity contribution >= 4 is 11.6 Å². The Morgan fingerprint density at radius 3 is 3.00 bits per heavy atom. The van der Waals surface area contributed by atoms with Crippen molar-refractivity contribution in [2.75, 3.05) is 0 Å². The summed E-state index contributed by atoms with van der Waals surface area (Å²) in [5, 5.41) is 0.977. The molecule has 11 heavy (non-hydrogen) atoms.